The van der Waals surface area contributed by atoms with Gasteiger partial charge in [-0.1, -0.05) is 6.08 Å². The molecule has 1 aliphatic heterocycles. The van der Waals surface area contributed by atoms with Gasteiger partial charge >= 0.3 is 11.9 Å². The van der Waals surface area contributed by atoms with Crippen LogP contribution in [0.4, 0.5) is 5.95 Å². The van der Waals surface area contributed by atoms with Crippen molar-refractivity contribution in [1.82, 2.24) is 19.5 Å². The first-order valence-electron chi connectivity index (χ1n) is 7.99. The number of aromatic amines is 1. The Balaban J connectivity index is 1.93. The molecule has 2 unspecified atom stereocenters. The van der Waals surface area contributed by atoms with Gasteiger partial charge in [-0.3, -0.25) is 14.6 Å². The van der Waals surface area contributed by atoms with Gasteiger partial charge in [0.1, 0.15) is 6.10 Å². The Hall–Kier alpha value is -3.25. The first kappa shape index (κ1) is 17.2. The highest BCUT2D eigenvalue weighted by Gasteiger charge is 2.63. The van der Waals surface area contributed by atoms with Crippen molar-refractivity contribution in [3.05, 3.63) is 28.3 Å². The quantitative estimate of drug-likeness (QED) is 0.397. The average molecular weight is 377 g/mol. The molecule has 6 N–H and O–H groups in total. The molecule has 12 heteroatoms. The summed E-state index contributed by atoms with van der Waals surface area (Å²) < 4.78 is 6.98. The zero-order chi connectivity index (χ0) is 19.5. The maximum absolute atomic E-state index is 12.0. The lowest BCUT2D eigenvalue weighted by molar-refractivity contribution is -0.175. The molecule has 12 nitrogen and oxygen atoms in total. The smallest absolute Gasteiger partial charge is 0.343 e. The second-order valence-electron chi connectivity index (χ2n) is 6.43. The van der Waals surface area contributed by atoms with Crippen molar-refractivity contribution >= 4 is 29.1 Å². The number of hydrogen-bond donors (Lipinski definition) is 5. The molecule has 1 fully saturated rings. The van der Waals surface area contributed by atoms with Crippen LogP contribution < -0.4 is 11.3 Å². The van der Waals surface area contributed by atoms with Gasteiger partial charge in [-0.05, 0) is 12.0 Å². The number of aromatic nitrogens is 4. The number of nitrogens with one attached hydrogen (secondary N) is 1. The largest absolute Gasteiger partial charge is 0.481 e. The molecule has 2 aliphatic rings. The summed E-state index contributed by atoms with van der Waals surface area (Å²) in [7, 11) is 0. The number of carboxylic acid groups (broad SMARTS) is 2. The monoisotopic (exact) mass is 377 g/mol. The van der Waals surface area contributed by atoms with E-state index in [4.69, 9.17) is 10.5 Å². The van der Waals surface area contributed by atoms with E-state index >= 15 is 0 Å². The second kappa shape index (κ2) is 5.62. The molecule has 0 aromatic carbocycles. The number of carbonyl (C=O) groups is 2. The number of rotatable bonds is 4. The Morgan fingerprint density at radius 2 is 2.19 bits per heavy atom. The maximum atomic E-state index is 12.0. The van der Waals surface area contributed by atoms with Crippen molar-refractivity contribution in [2.45, 2.75) is 36.7 Å². The Kier molecular flexibility index (Phi) is 3.58. The van der Waals surface area contributed by atoms with Crippen LogP contribution in [0.5, 0.6) is 0 Å². The fourth-order valence-corrected chi connectivity index (χ4v) is 3.86. The highest BCUT2D eigenvalue weighted by atomic mass is 16.6. The molecule has 27 heavy (non-hydrogen) atoms. The van der Waals surface area contributed by atoms with Crippen LogP contribution in [-0.4, -0.2) is 64.6 Å². The zero-order valence-electron chi connectivity index (χ0n) is 13.7. The Morgan fingerprint density at radius 1 is 1.44 bits per heavy atom. The van der Waals surface area contributed by atoms with E-state index in [9.17, 15) is 29.7 Å². The van der Waals surface area contributed by atoms with Gasteiger partial charge < -0.3 is 30.4 Å². The fraction of sp³-hybridized carbons (Fsp3) is 0.400. The van der Waals surface area contributed by atoms with E-state index in [1.807, 2.05) is 0 Å². The molecule has 2 aromatic rings. The van der Waals surface area contributed by atoms with Gasteiger partial charge in [0.2, 0.25) is 11.5 Å². The number of anilines is 1. The normalized spacial score (nSPS) is 29.7. The average Bonchev–Trinajstić information content (AvgIpc) is 3.20. The van der Waals surface area contributed by atoms with E-state index in [-0.39, 0.29) is 29.1 Å². The Morgan fingerprint density at radius 3 is 2.85 bits per heavy atom. The van der Waals surface area contributed by atoms with E-state index in [0.717, 1.165) is 0 Å². The SMILES string of the molecule is Nc1nc2c(ncn2C2C3=CCC(O)[C@]3(C(=O)O)O[C@@H]2CC(=O)O)c(=O)[nH]1. The summed E-state index contributed by atoms with van der Waals surface area (Å²) in [6, 6.07) is -0.937. The zero-order valence-corrected chi connectivity index (χ0v) is 13.7. The highest BCUT2D eigenvalue weighted by Crippen LogP contribution is 2.51. The second-order valence-corrected chi connectivity index (χ2v) is 6.43. The van der Waals surface area contributed by atoms with Crippen LogP contribution in [-0.2, 0) is 14.3 Å². The minimum Gasteiger partial charge on any atom is -0.481 e. The van der Waals surface area contributed by atoms with Crippen LogP contribution >= 0.6 is 0 Å². The summed E-state index contributed by atoms with van der Waals surface area (Å²) in [4.78, 5) is 45.6. The van der Waals surface area contributed by atoms with Crippen molar-refractivity contribution in [1.29, 1.82) is 0 Å². The van der Waals surface area contributed by atoms with E-state index in [0.29, 0.717) is 0 Å². The van der Waals surface area contributed by atoms with Crippen LogP contribution in [0.2, 0.25) is 0 Å². The number of nitrogens with two attached hydrogens (primary N) is 1. The van der Waals surface area contributed by atoms with E-state index in [1.54, 1.807) is 0 Å². The summed E-state index contributed by atoms with van der Waals surface area (Å²) in [6.45, 7) is 0. The molecular weight excluding hydrogens is 362 g/mol. The standard InChI is InChI=1S/C15H15N5O7/c16-14-18-11-9(12(24)19-14)17-4-20(11)10-5-1-2-7(21)15(5,13(25)26)27-6(10)3-8(22)23/h1,4,6-7,10,21H,2-3H2,(H,22,23)(H,25,26)(H3,16,18,19,24)/t6-,7?,10?,15-/m1/s1. The van der Waals surface area contributed by atoms with Crippen LogP contribution in [0.15, 0.2) is 22.8 Å². The maximum Gasteiger partial charge on any atom is 0.343 e. The van der Waals surface area contributed by atoms with Gasteiger partial charge in [-0.15, -0.1) is 0 Å². The highest BCUT2D eigenvalue weighted by molar-refractivity contribution is 5.86. The summed E-state index contributed by atoms with van der Waals surface area (Å²) in [6.07, 6.45) is -0.239. The van der Waals surface area contributed by atoms with Gasteiger partial charge in [0, 0.05) is 0 Å². The van der Waals surface area contributed by atoms with Gasteiger partial charge in [-0.2, -0.15) is 4.98 Å². The molecule has 2 aromatic heterocycles. The summed E-state index contributed by atoms with van der Waals surface area (Å²) in [5, 5.41) is 29.2. The van der Waals surface area contributed by atoms with Gasteiger partial charge in [0.25, 0.3) is 5.56 Å². The minimum absolute atomic E-state index is 0.0285. The number of fused-ring (bicyclic) bond motifs is 2. The number of aliphatic carboxylic acids is 2. The number of aliphatic hydroxyl groups excluding tert-OH is 1. The van der Waals surface area contributed by atoms with Crippen molar-refractivity contribution in [2.75, 3.05) is 5.73 Å². The molecule has 0 bridgehead atoms. The first-order chi connectivity index (χ1) is 12.8. The molecule has 0 spiro atoms. The lowest BCUT2D eigenvalue weighted by Gasteiger charge is -2.26. The fourth-order valence-electron chi connectivity index (χ4n) is 3.86. The molecule has 0 saturated carbocycles. The number of H-pyrrole nitrogens is 1. The van der Waals surface area contributed by atoms with Crippen LogP contribution in [0.25, 0.3) is 11.2 Å². The van der Waals surface area contributed by atoms with Crippen molar-refractivity contribution in [3.8, 4) is 0 Å². The number of nitrogen functional groups attached to an aromatic ring is 1. The number of ether oxygens (including phenoxy) is 1. The molecule has 142 valence electrons. The van der Waals surface area contributed by atoms with E-state index < -0.39 is 47.8 Å². The van der Waals surface area contributed by atoms with Crippen molar-refractivity contribution in [2.24, 2.45) is 0 Å². The predicted octanol–water partition coefficient (Wildman–Crippen LogP) is -1.37. The molecule has 4 atom stereocenters. The van der Waals surface area contributed by atoms with E-state index in [1.165, 1.54) is 17.0 Å². The molecule has 1 aliphatic carbocycles. The molecule has 3 heterocycles. The molecule has 4 rings (SSSR count). The van der Waals surface area contributed by atoms with Gasteiger partial charge in [0.05, 0.1) is 24.9 Å². The topological polar surface area (TPSA) is 194 Å². The summed E-state index contributed by atoms with van der Waals surface area (Å²) in [5.41, 5.74) is 3.15. The number of imidazole rings is 1. The molecule has 0 amide bonds. The van der Waals surface area contributed by atoms with E-state index in [2.05, 4.69) is 15.0 Å². The van der Waals surface area contributed by atoms with Crippen LogP contribution in [0, 0.1) is 0 Å². The minimum atomic E-state index is -2.06. The Labute approximate surface area is 149 Å². The van der Waals surface area contributed by atoms with Gasteiger partial charge in [-0.25, -0.2) is 9.78 Å². The number of hydrogen-bond acceptors (Lipinski definition) is 8. The third-order valence-corrected chi connectivity index (χ3v) is 4.91. The molecular formula is C15H15N5O7. The summed E-state index contributed by atoms with van der Waals surface area (Å²) in [5.74, 6) is -2.81. The third kappa shape index (κ3) is 2.27. The molecule has 1 saturated heterocycles. The number of nitrogens with zero attached hydrogens (tertiary/aromatic N) is 3. The third-order valence-electron chi connectivity index (χ3n) is 4.91. The lowest BCUT2D eigenvalue weighted by Crippen LogP contribution is -2.48. The van der Waals surface area contributed by atoms with Crippen LogP contribution in [0.3, 0.4) is 0 Å². The van der Waals surface area contributed by atoms with Crippen molar-refractivity contribution in [3.63, 3.8) is 0 Å². The Bertz CT molecular complexity index is 1060. The first-order valence-corrected chi connectivity index (χ1v) is 7.99. The molecule has 0 radical (unpaired) electrons. The number of aliphatic hydroxyl groups is 1. The lowest BCUT2D eigenvalue weighted by atomic mass is 9.90. The van der Waals surface area contributed by atoms with Gasteiger partial charge in [0.15, 0.2) is 11.2 Å². The van der Waals surface area contributed by atoms with Crippen molar-refractivity contribution < 1.29 is 29.6 Å². The van der Waals surface area contributed by atoms with Crippen LogP contribution in [0.1, 0.15) is 18.9 Å². The number of carboxylic acids is 2. The summed E-state index contributed by atoms with van der Waals surface area (Å²) >= 11 is 0. The predicted molar refractivity (Wildman–Crippen MR) is 87.8 cm³/mol.